The molecule has 0 bridgehead atoms. The van der Waals surface area contributed by atoms with E-state index >= 15 is 0 Å². The summed E-state index contributed by atoms with van der Waals surface area (Å²) in [5, 5.41) is 1.02. The molecule has 0 spiro atoms. The highest BCUT2D eigenvalue weighted by molar-refractivity contribution is 7.92. The molecule has 174 valence electrons. The number of benzene rings is 4. The zero-order chi connectivity index (χ0) is 24.4. The maximum absolute atomic E-state index is 14.0. The van der Waals surface area contributed by atoms with Gasteiger partial charge in [0.2, 0.25) is 5.88 Å². The maximum Gasteiger partial charge on any atom is 0.345 e. The van der Waals surface area contributed by atoms with E-state index in [1.165, 1.54) is 4.31 Å². The molecule has 5 aromatic rings. The van der Waals surface area contributed by atoms with Crippen molar-refractivity contribution < 1.29 is 12.8 Å². The smallest absolute Gasteiger partial charge is 0.345 e. The zero-order valence-corrected chi connectivity index (χ0v) is 19.9. The van der Waals surface area contributed by atoms with Crippen LogP contribution in [0, 0.1) is 6.92 Å². The molecule has 0 aliphatic heterocycles. The van der Waals surface area contributed by atoms with Gasteiger partial charge in [0.15, 0.2) is 0 Å². The molecule has 1 heterocycles. The van der Waals surface area contributed by atoms with Gasteiger partial charge in [-0.3, -0.25) is 0 Å². The molecule has 35 heavy (non-hydrogen) atoms. The molecule has 6 heteroatoms. The largest absolute Gasteiger partial charge is 0.404 e. The Morgan fingerprint density at radius 1 is 0.714 bits per heavy atom. The van der Waals surface area contributed by atoms with Crippen LogP contribution in [0.4, 0.5) is 5.88 Å². The molecule has 5 nitrogen and oxygen atoms in total. The second kappa shape index (κ2) is 9.24. The molecule has 0 unspecified atom stereocenters. The van der Waals surface area contributed by atoms with Crippen molar-refractivity contribution in [2.24, 2.45) is 0 Å². The number of anilines is 1. The summed E-state index contributed by atoms with van der Waals surface area (Å²) in [6.07, 6.45) is 0. The first kappa shape index (κ1) is 22.6. The quantitative estimate of drug-likeness (QED) is 0.291. The molecular weight excluding hydrogens is 458 g/mol. The lowest BCUT2D eigenvalue weighted by atomic mass is 10.0. The van der Waals surface area contributed by atoms with Gasteiger partial charge in [0.25, 0.3) is 10.0 Å². The summed E-state index contributed by atoms with van der Waals surface area (Å²) >= 11 is 0. The van der Waals surface area contributed by atoms with Gasteiger partial charge in [-0.1, -0.05) is 96.6 Å². The minimum absolute atomic E-state index is 0.00182. The molecule has 0 atom stereocenters. The summed E-state index contributed by atoms with van der Waals surface area (Å²) in [7, 11) is -4.08. The Labute approximate surface area is 204 Å². The van der Waals surface area contributed by atoms with Crippen LogP contribution < -0.4 is 9.93 Å². The van der Waals surface area contributed by atoms with Gasteiger partial charge >= 0.3 is 5.63 Å². The van der Waals surface area contributed by atoms with Gasteiger partial charge in [-0.15, -0.1) is 0 Å². The van der Waals surface area contributed by atoms with Crippen LogP contribution in [0.5, 0.6) is 0 Å². The second-order valence-electron chi connectivity index (χ2n) is 8.29. The number of aryl methyl sites for hydroxylation is 1. The average molecular weight is 482 g/mol. The van der Waals surface area contributed by atoms with Gasteiger partial charge in [-0.05, 0) is 36.2 Å². The van der Waals surface area contributed by atoms with E-state index in [0.717, 1.165) is 16.7 Å². The third kappa shape index (κ3) is 4.36. The average Bonchev–Trinajstić information content (AvgIpc) is 2.88. The summed E-state index contributed by atoms with van der Waals surface area (Å²) < 4.78 is 35.1. The van der Waals surface area contributed by atoms with Crippen molar-refractivity contribution in [3.8, 4) is 11.1 Å². The highest BCUT2D eigenvalue weighted by atomic mass is 32.2. The molecule has 5 rings (SSSR count). The summed E-state index contributed by atoms with van der Waals surface area (Å²) in [5.41, 5.74) is 2.42. The van der Waals surface area contributed by atoms with Crippen molar-refractivity contribution in [1.29, 1.82) is 0 Å². The van der Waals surface area contributed by atoms with E-state index < -0.39 is 15.6 Å². The molecule has 0 N–H and O–H groups in total. The number of nitrogens with zero attached hydrogens (tertiary/aromatic N) is 1. The van der Waals surface area contributed by atoms with Gasteiger partial charge in [-0.25, -0.2) is 17.5 Å². The first-order valence-electron chi connectivity index (χ1n) is 11.2. The molecule has 0 saturated carbocycles. The van der Waals surface area contributed by atoms with Crippen LogP contribution in [0.1, 0.15) is 11.1 Å². The molecule has 0 amide bonds. The van der Waals surface area contributed by atoms with Crippen LogP contribution in [0.15, 0.2) is 123 Å². The van der Waals surface area contributed by atoms with Gasteiger partial charge in [0, 0.05) is 5.39 Å². The second-order valence-corrected chi connectivity index (χ2v) is 10.2. The molecule has 0 aliphatic rings. The minimum atomic E-state index is -4.08. The number of fused-ring (bicyclic) bond motifs is 1. The van der Waals surface area contributed by atoms with Gasteiger partial charge in [0.1, 0.15) is 0 Å². The van der Waals surface area contributed by atoms with Crippen molar-refractivity contribution >= 4 is 26.7 Å². The summed E-state index contributed by atoms with van der Waals surface area (Å²) in [4.78, 5) is 13.2. The Bertz CT molecular complexity index is 1640. The highest BCUT2D eigenvalue weighted by Gasteiger charge is 2.31. The Morgan fingerprint density at radius 2 is 1.29 bits per heavy atom. The maximum atomic E-state index is 14.0. The first-order chi connectivity index (χ1) is 16.9. The fraction of sp³-hybridized carbons (Fsp3) is 0.0690. The number of sulfonamides is 1. The Kier molecular flexibility index (Phi) is 5.97. The van der Waals surface area contributed by atoms with E-state index in [2.05, 4.69) is 0 Å². The Balaban J connectivity index is 1.83. The molecule has 4 aromatic carbocycles. The van der Waals surface area contributed by atoms with Crippen LogP contribution in [0.3, 0.4) is 0 Å². The van der Waals surface area contributed by atoms with Crippen molar-refractivity contribution in [3.63, 3.8) is 0 Å². The van der Waals surface area contributed by atoms with Gasteiger partial charge in [-0.2, -0.15) is 0 Å². The molecule has 1 aromatic heterocycles. The van der Waals surface area contributed by atoms with E-state index in [9.17, 15) is 13.2 Å². The SMILES string of the molecule is Cc1ccc(S(=O)(=O)N(Cc2ccccc2)c2oc(=O)c3ccccc3c2-c2ccccc2)cc1. The van der Waals surface area contributed by atoms with Gasteiger partial charge < -0.3 is 4.42 Å². The number of hydrogen-bond donors (Lipinski definition) is 0. The van der Waals surface area contributed by atoms with E-state index in [-0.39, 0.29) is 17.3 Å². The Hall–Kier alpha value is -4.16. The monoisotopic (exact) mass is 481 g/mol. The number of hydrogen-bond acceptors (Lipinski definition) is 4. The third-order valence-electron chi connectivity index (χ3n) is 5.89. The fourth-order valence-corrected chi connectivity index (χ4v) is 5.50. The lowest BCUT2D eigenvalue weighted by Gasteiger charge is -2.26. The van der Waals surface area contributed by atoms with Crippen LogP contribution in [-0.2, 0) is 16.6 Å². The minimum Gasteiger partial charge on any atom is -0.404 e. The topological polar surface area (TPSA) is 67.6 Å². The molecule has 0 radical (unpaired) electrons. The zero-order valence-electron chi connectivity index (χ0n) is 19.1. The summed E-state index contributed by atoms with van der Waals surface area (Å²) in [6, 6.07) is 32.4. The summed E-state index contributed by atoms with van der Waals surface area (Å²) in [5.74, 6) is -0.00988. The van der Waals surface area contributed by atoms with Crippen molar-refractivity contribution in [2.75, 3.05) is 4.31 Å². The molecule has 0 saturated heterocycles. The van der Waals surface area contributed by atoms with Crippen LogP contribution >= 0.6 is 0 Å². The van der Waals surface area contributed by atoms with Gasteiger partial charge in [0.05, 0.1) is 22.4 Å². The standard InChI is InChI=1S/C29H23NO4S/c1-21-16-18-24(19-17-21)35(32,33)30(20-22-10-4-2-5-11-22)28-27(23-12-6-3-7-13-23)25-14-8-9-15-26(25)29(31)34-28/h2-19H,20H2,1H3. The first-order valence-corrected chi connectivity index (χ1v) is 12.6. The van der Waals surface area contributed by atoms with E-state index in [0.29, 0.717) is 16.3 Å². The molecule has 0 fully saturated rings. The van der Waals surface area contributed by atoms with Crippen molar-refractivity contribution in [2.45, 2.75) is 18.4 Å². The Morgan fingerprint density at radius 3 is 1.94 bits per heavy atom. The predicted octanol–water partition coefficient (Wildman–Crippen LogP) is 6.16. The van der Waals surface area contributed by atoms with Crippen LogP contribution in [0.2, 0.25) is 0 Å². The lowest BCUT2D eigenvalue weighted by Crippen LogP contribution is -2.32. The van der Waals surface area contributed by atoms with Crippen molar-refractivity contribution in [3.05, 3.63) is 131 Å². The van der Waals surface area contributed by atoms with E-state index in [1.54, 1.807) is 36.4 Å². The van der Waals surface area contributed by atoms with Crippen LogP contribution in [0.25, 0.3) is 21.9 Å². The van der Waals surface area contributed by atoms with E-state index in [1.807, 2.05) is 79.7 Å². The van der Waals surface area contributed by atoms with Crippen LogP contribution in [-0.4, -0.2) is 8.42 Å². The summed E-state index contributed by atoms with van der Waals surface area (Å²) in [6.45, 7) is 1.90. The highest BCUT2D eigenvalue weighted by Crippen LogP contribution is 2.39. The third-order valence-corrected chi connectivity index (χ3v) is 7.63. The normalized spacial score (nSPS) is 11.5. The number of rotatable bonds is 6. The predicted molar refractivity (Wildman–Crippen MR) is 139 cm³/mol. The molecule has 0 aliphatic carbocycles. The van der Waals surface area contributed by atoms with Crippen molar-refractivity contribution in [1.82, 2.24) is 0 Å². The lowest BCUT2D eigenvalue weighted by molar-refractivity contribution is 0.515. The molecular formula is C29H23NO4S. The van der Waals surface area contributed by atoms with E-state index in [4.69, 9.17) is 4.42 Å². The fourth-order valence-electron chi connectivity index (χ4n) is 4.10.